The summed E-state index contributed by atoms with van der Waals surface area (Å²) >= 11 is 5.97. The van der Waals surface area contributed by atoms with E-state index in [0.717, 1.165) is 42.3 Å². The predicted octanol–water partition coefficient (Wildman–Crippen LogP) is 4.06. The summed E-state index contributed by atoms with van der Waals surface area (Å²) in [5.41, 5.74) is 1.20. The predicted molar refractivity (Wildman–Crippen MR) is 116 cm³/mol. The lowest BCUT2D eigenvalue weighted by Crippen LogP contribution is -2.49. The van der Waals surface area contributed by atoms with Gasteiger partial charge in [0.15, 0.2) is 0 Å². The third-order valence-corrected chi connectivity index (χ3v) is 5.45. The van der Waals surface area contributed by atoms with E-state index < -0.39 is 6.10 Å². The highest BCUT2D eigenvalue weighted by atomic mass is 35.5. The van der Waals surface area contributed by atoms with E-state index >= 15 is 0 Å². The SMILES string of the molecule is O[C@@H](COc1ccc2ccccc2c1)CN1CCN(c2ccc(Cl)cc2)CC1. The zero-order chi connectivity index (χ0) is 19.3. The Morgan fingerprint density at radius 1 is 0.893 bits per heavy atom. The minimum absolute atomic E-state index is 0.301. The second kappa shape index (κ2) is 8.82. The number of piperazine rings is 1. The molecule has 0 aliphatic carbocycles. The molecule has 1 fully saturated rings. The molecule has 0 saturated carbocycles. The van der Waals surface area contributed by atoms with Gasteiger partial charge in [0.25, 0.3) is 0 Å². The van der Waals surface area contributed by atoms with E-state index in [2.05, 4.69) is 34.1 Å². The maximum atomic E-state index is 10.4. The molecule has 0 amide bonds. The quantitative estimate of drug-likeness (QED) is 0.681. The molecular formula is C23H25ClN2O2. The fourth-order valence-corrected chi connectivity index (χ4v) is 3.77. The summed E-state index contributed by atoms with van der Waals surface area (Å²) in [5, 5.41) is 13.5. The van der Waals surface area contributed by atoms with Crippen LogP contribution in [-0.2, 0) is 0 Å². The van der Waals surface area contributed by atoms with Crippen LogP contribution in [0.1, 0.15) is 0 Å². The van der Waals surface area contributed by atoms with E-state index in [9.17, 15) is 5.11 Å². The first kappa shape index (κ1) is 19.1. The summed E-state index contributed by atoms with van der Waals surface area (Å²) in [6.07, 6.45) is -0.506. The molecule has 1 aliphatic heterocycles. The molecule has 28 heavy (non-hydrogen) atoms. The van der Waals surface area contributed by atoms with Crippen LogP contribution in [0.25, 0.3) is 10.8 Å². The molecule has 4 nitrogen and oxygen atoms in total. The van der Waals surface area contributed by atoms with Crippen molar-refractivity contribution in [3.8, 4) is 5.75 Å². The first-order valence-electron chi connectivity index (χ1n) is 9.70. The van der Waals surface area contributed by atoms with Gasteiger partial charge in [-0.1, -0.05) is 41.9 Å². The Morgan fingerprint density at radius 3 is 2.36 bits per heavy atom. The fraction of sp³-hybridized carbons (Fsp3) is 0.304. The Labute approximate surface area is 170 Å². The van der Waals surface area contributed by atoms with Crippen molar-refractivity contribution in [3.05, 3.63) is 71.8 Å². The zero-order valence-corrected chi connectivity index (χ0v) is 16.6. The third-order valence-electron chi connectivity index (χ3n) is 5.20. The van der Waals surface area contributed by atoms with Gasteiger partial charge in [-0.25, -0.2) is 0 Å². The van der Waals surface area contributed by atoms with E-state index in [0.29, 0.717) is 13.2 Å². The molecule has 3 aromatic carbocycles. The standard InChI is InChI=1S/C23H25ClN2O2/c24-20-6-8-21(9-7-20)26-13-11-25(12-14-26)16-22(27)17-28-23-10-5-18-3-1-2-4-19(18)15-23/h1-10,15,22,27H,11-14,16-17H2/t22-/m1/s1. The van der Waals surface area contributed by atoms with Crippen LogP contribution < -0.4 is 9.64 Å². The van der Waals surface area contributed by atoms with E-state index in [1.807, 2.05) is 42.5 Å². The Kier molecular flexibility index (Phi) is 6.01. The van der Waals surface area contributed by atoms with E-state index in [1.54, 1.807) is 0 Å². The number of nitrogens with zero attached hydrogens (tertiary/aromatic N) is 2. The largest absolute Gasteiger partial charge is 0.491 e. The molecule has 1 aliphatic rings. The van der Waals surface area contributed by atoms with Crippen molar-refractivity contribution in [3.63, 3.8) is 0 Å². The summed E-state index contributed by atoms with van der Waals surface area (Å²) in [6, 6.07) is 22.2. The molecule has 1 N–H and O–H groups in total. The Hall–Kier alpha value is -2.27. The number of aliphatic hydroxyl groups excluding tert-OH is 1. The highest BCUT2D eigenvalue weighted by Crippen LogP contribution is 2.21. The fourth-order valence-electron chi connectivity index (χ4n) is 3.64. The number of hydrogen-bond acceptors (Lipinski definition) is 4. The summed E-state index contributed by atoms with van der Waals surface area (Å²) in [5.74, 6) is 0.797. The van der Waals surface area contributed by atoms with Gasteiger partial charge in [0.05, 0.1) is 0 Å². The highest BCUT2D eigenvalue weighted by Gasteiger charge is 2.19. The number of aliphatic hydroxyl groups is 1. The Morgan fingerprint density at radius 2 is 1.61 bits per heavy atom. The molecule has 5 heteroatoms. The van der Waals surface area contributed by atoms with Gasteiger partial charge < -0.3 is 14.7 Å². The molecule has 0 radical (unpaired) electrons. The van der Waals surface area contributed by atoms with Gasteiger partial charge in [-0.15, -0.1) is 0 Å². The second-order valence-corrected chi connectivity index (χ2v) is 7.67. The number of halogens is 1. The van der Waals surface area contributed by atoms with Gasteiger partial charge >= 0.3 is 0 Å². The van der Waals surface area contributed by atoms with Crippen molar-refractivity contribution in [1.29, 1.82) is 0 Å². The van der Waals surface area contributed by atoms with E-state index in [-0.39, 0.29) is 0 Å². The van der Waals surface area contributed by atoms with Crippen molar-refractivity contribution >= 4 is 28.1 Å². The zero-order valence-electron chi connectivity index (χ0n) is 15.8. The van der Waals surface area contributed by atoms with Crippen molar-refractivity contribution in [2.24, 2.45) is 0 Å². The lowest BCUT2D eigenvalue weighted by molar-refractivity contribution is 0.0663. The Balaban J connectivity index is 1.24. The molecule has 0 bridgehead atoms. The highest BCUT2D eigenvalue weighted by molar-refractivity contribution is 6.30. The van der Waals surface area contributed by atoms with E-state index in [4.69, 9.17) is 16.3 Å². The molecule has 0 unspecified atom stereocenters. The minimum Gasteiger partial charge on any atom is -0.491 e. The van der Waals surface area contributed by atoms with Crippen molar-refractivity contribution in [1.82, 2.24) is 4.90 Å². The normalized spacial score (nSPS) is 16.3. The first-order chi connectivity index (χ1) is 13.7. The first-order valence-corrected chi connectivity index (χ1v) is 10.1. The summed E-state index contributed by atoms with van der Waals surface area (Å²) in [7, 11) is 0. The topological polar surface area (TPSA) is 35.9 Å². The smallest absolute Gasteiger partial charge is 0.120 e. The van der Waals surface area contributed by atoms with Crippen LogP contribution in [0.2, 0.25) is 5.02 Å². The van der Waals surface area contributed by atoms with Gasteiger partial charge in [0, 0.05) is 43.4 Å². The number of ether oxygens (including phenoxy) is 1. The average molecular weight is 397 g/mol. The monoisotopic (exact) mass is 396 g/mol. The maximum absolute atomic E-state index is 10.4. The second-order valence-electron chi connectivity index (χ2n) is 7.24. The van der Waals surface area contributed by atoms with Crippen LogP contribution in [0.3, 0.4) is 0 Å². The van der Waals surface area contributed by atoms with Crippen LogP contribution in [0.15, 0.2) is 66.7 Å². The van der Waals surface area contributed by atoms with Gasteiger partial charge in [0.1, 0.15) is 18.5 Å². The van der Waals surface area contributed by atoms with Gasteiger partial charge in [-0.3, -0.25) is 4.90 Å². The lowest BCUT2D eigenvalue weighted by Gasteiger charge is -2.36. The Bertz CT molecular complexity index is 908. The molecule has 1 heterocycles. The van der Waals surface area contributed by atoms with Crippen LogP contribution in [0.5, 0.6) is 5.75 Å². The number of hydrogen-bond donors (Lipinski definition) is 1. The average Bonchev–Trinajstić information content (AvgIpc) is 2.73. The molecule has 1 atom stereocenters. The number of β-amino-alcohol motifs (C(OH)–C–C–N with tert-alkyl or cyclic N) is 1. The summed E-state index contributed by atoms with van der Waals surface area (Å²) in [6.45, 7) is 4.67. The molecule has 0 spiro atoms. The summed E-state index contributed by atoms with van der Waals surface area (Å²) in [4.78, 5) is 4.64. The molecule has 4 rings (SSSR count). The van der Waals surface area contributed by atoms with Crippen LogP contribution >= 0.6 is 11.6 Å². The van der Waals surface area contributed by atoms with Gasteiger partial charge in [-0.05, 0) is 47.2 Å². The molecule has 3 aromatic rings. The lowest BCUT2D eigenvalue weighted by atomic mass is 10.1. The molecule has 0 aromatic heterocycles. The van der Waals surface area contributed by atoms with E-state index in [1.165, 1.54) is 11.1 Å². The molecule has 1 saturated heterocycles. The van der Waals surface area contributed by atoms with Crippen molar-refractivity contribution in [2.75, 3.05) is 44.2 Å². The molecular weight excluding hydrogens is 372 g/mol. The number of benzene rings is 3. The number of fused-ring (bicyclic) bond motifs is 1. The minimum atomic E-state index is -0.506. The van der Waals surface area contributed by atoms with Crippen LogP contribution in [0, 0.1) is 0 Å². The van der Waals surface area contributed by atoms with Crippen molar-refractivity contribution in [2.45, 2.75) is 6.10 Å². The maximum Gasteiger partial charge on any atom is 0.120 e. The molecule has 146 valence electrons. The van der Waals surface area contributed by atoms with Gasteiger partial charge in [0.2, 0.25) is 0 Å². The number of rotatable bonds is 6. The van der Waals surface area contributed by atoms with Gasteiger partial charge in [-0.2, -0.15) is 0 Å². The number of anilines is 1. The summed E-state index contributed by atoms with van der Waals surface area (Å²) < 4.78 is 5.82. The van der Waals surface area contributed by atoms with Crippen molar-refractivity contribution < 1.29 is 9.84 Å². The third kappa shape index (κ3) is 4.76. The van der Waals surface area contributed by atoms with Crippen LogP contribution in [0.4, 0.5) is 5.69 Å². The van der Waals surface area contributed by atoms with Crippen LogP contribution in [-0.4, -0.2) is 55.4 Å².